The summed E-state index contributed by atoms with van der Waals surface area (Å²) in [5.74, 6) is 0.282. The van der Waals surface area contributed by atoms with Gasteiger partial charge in [-0.1, -0.05) is 13.8 Å². The Balaban J connectivity index is 2.20. The first kappa shape index (κ1) is 15.4. The topological polar surface area (TPSA) is 41.6 Å². The minimum absolute atomic E-state index is 0.251. The number of amides is 1. The minimum Gasteiger partial charge on any atom is -0.377 e. The second kappa shape index (κ2) is 8.48. The van der Waals surface area contributed by atoms with E-state index in [0.29, 0.717) is 12.5 Å². The van der Waals surface area contributed by atoms with E-state index in [1.807, 2.05) is 11.8 Å². The Morgan fingerprint density at radius 3 is 2.94 bits per heavy atom. The summed E-state index contributed by atoms with van der Waals surface area (Å²) in [7, 11) is 0. The lowest BCUT2D eigenvalue weighted by atomic mass is 10.1. The van der Waals surface area contributed by atoms with Gasteiger partial charge in [0, 0.05) is 32.2 Å². The van der Waals surface area contributed by atoms with Gasteiger partial charge >= 0.3 is 0 Å². The fourth-order valence-corrected chi connectivity index (χ4v) is 2.32. The van der Waals surface area contributed by atoms with E-state index in [4.69, 9.17) is 4.74 Å². The van der Waals surface area contributed by atoms with Crippen LogP contribution in [0, 0.1) is 0 Å². The molecule has 1 unspecified atom stereocenters. The standard InChI is InChI=1S/C14H28N2O2/c1-4-18-13-7-6-10-16(11-13)14(17)8-5-9-15-12(2)3/h12-13,15H,4-11H2,1-3H3. The van der Waals surface area contributed by atoms with Crippen LogP contribution in [0.2, 0.25) is 0 Å². The summed E-state index contributed by atoms with van der Waals surface area (Å²) < 4.78 is 5.61. The van der Waals surface area contributed by atoms with Crippen molar-refractivity contribution >= 4 is 5.91 Å². The monoisotopic (exact) mass is 256 g/mol. The molecule has 0 aromatic carbocycles. The summed E-state index contributed by atoms with van der Waals surface area (Å²) in [4.78, 5) is 14.0. The van der Waals surface area contributed by atoms with Gasteiger partial charge in [0.05, 0.1) is 6.10 Å². The number of nitrogens with zero attached hydrogens (tertiary/aromatic N) is 1. The molecular weight excluding hydrogens is 228 g/mol. The molecular formula is C14H28N2O2. The molecule has 0 bridgehead atoms. The van der Waals surface area contributed by atoms with E-state index in [-0.39, 0.29) is 12.0 Å². The van der Waals surface area contributed by atoms with Crippen LogP contribution in [0.1, 0.15) is 46.5 Å². The van der Waals surface area contributed by atoms with Crippen LogP contribution in [0.5, 0.6) is 0 Å². The van der Waals surface area contributed by atoms with Crippen molar-refractivity contribution in [1.82, 2.24) is 10.2 Å². The highest BCUT2D eigenvalue weighted by Gasteiger charge is 2.23. The van der Waals surface area contributed by atoms with Gasteiger partial charge in [-0.05, 0) is 32.7 Å². The number of rotatable bonds is 7. The molecule has 1 fully saturated rings. The number of hydrogen-bond donors (Lipinski definition) is 1. The summed E-state index contributed by atoms with van der Waals surface area (Å²) in [6.45, 7) is 9.61. The van der Waals surface area contributed by atoms with Crippen molar-refractivity contribution in [3.63, 3.8) is 0 Å². The van der Waals surface area contributed by atoms with Crippen molar-refractivity contribution in [3.05, 3.63) is 0 Å². The van der Waals surface area contributed by atoms with Crippen LogP contribution in [-0.4, -0.2) is 49.2 Å². The average Bonchev–Trinajstić information content (AvgIpc) is 2.35. The molecule has 18 heavy (non-hydrogen) atoms. The first-order valence-electron chi connectivity index (χ1n) is 7.26. The number of carbonyl (C=O) groups excluding carboxylic acids is 1. The van der Waals surface area contributed by atoms with E-state index in [9.17, 15) is 4.79 Å². The molecule has 4 heteroatoms. The highest BCUT2D eigenvalue weighted by Crippen LogP contribution is 2.14. The molecule has 1 aliphatic heterocycles. The first-order valence-corrected chi connectivity index (χ1v) is 7.26. The van der Waals surface area contributed by atoms with Crippen LogP contribution in [0.25, 0.3) is 0 Å². The van der Waals surface area contributed by atoms with Crippen LogP contribution in [0.3, 0.4) is 0 Å². The number of nitrogens with one attached hydrogen (secondary N) is 1. The predicted molar refractivity (Wildman–Crippen MR) is 73.6 cm³/mol. The minimum atomic E-state index is 0.251. The maximum Gasteiger partial charge on any atom is 0.222 e. The lowest BCUT2D eigenvalue weighted by Gasteiger charge is -2.32. The van der Waals surface area contributed by atoms with Crippen LogP contribution in [0.4, 0.5) is 0 Å². The Hall–Kier alpha value is -0.610. The molecule has 1 N–H and O–H groups in total. The smallest absolute Gasteiger partial charge is 0.222 e. The predicted octanol–water partition coefficient (Wildman–Crippen LogP) is 1.79. The number of carbonyl (C=O) groups is 1. The Morgan fingerprint density at radius 1 is 1.50 bits per heavy atom. The molecule has 0 spiro atoms. The lowest BCUT2D eigenvalue weighted by molar-refractivity contribution is -0.135. The Labute approximate surface area is 111 Å². The third kappa shape index (κ3) is 5.83. The second-order valence-electron chi connectivity index (χ2n) is 5.27. The molecule has 1 aliphatic rings. The summed E-state index contributed by atoms with van der Waals surface area (Å²) in [6, 6.07) is 0.498. The molecule has 106 valence electrons. The molecule has 1 atom stereocenters. The van der Waals surface area contributed by atoms with Gasteiger partial charge in [0.25, 0.3) is 0 Å². The summed E-state index contributed by atoms with van der Waals surface area (Å²) >= 11 is 0. The summed E-state index contributed by atoms with van der Waals surface area (Å²) in [6.07, 6.45) is 3.99. The van der Waals surface area contributed by atoms with Crippen LogP contribution < -0.4 is 5.32 Å². The zero-order chi connectivity index (χ0) is 13.4. The van der Waals surface area contributed by atoms with Crippen molar-refractivity contribution in [2.45, 2.75) is 58.6 Å². The van der Waals surface area contributed by atoms with E-state index in [1.54, 1.807) is 0 Å². The van der Waals surface area contributed by atoms with Crippen molar-refractivity contribution < 1.29 is 9.53 Å². The lowest BCUT2D eigenvalue weighted by Crippen LogP contribution is -2.43. The Morgan fingerprint density at radius 2 is 2.28 bits per heavy atom. The van der Waals surface area contributed by atoms with Crippen molar-refractivity contribution in [3.8, 4) is 0 Å². The maximum absolute atomic E-state index is 12.0. The number of likely N-dealkylation sites (tertiary alicyclic amines) is 1. The zero-order valence-electron chi connectivity index (χ0n) is 12.1. The largest absolute Gasteiger partial charge is 0.377 e. The first-order chi connectivity index (χ1) is 8.63. The van der Waals surface area contributed by atoms with Gasteiger partial charge in [0.15, 0.2) is 0 Å². The quantitative estimate of drug-likeness (QED) is 0.706. The van der Waals surface area contributed by atoms with Gasteiger partial charge in [0.2, 0.25) is 5.91 Å². The van der Waals surface area contributed by atoms with Crippen molar-refractivity contribution in [2.24, 2.45) is 0 Å². The molecule has 0 radical (unpaired) electrons. The number of piperidine rings is 1. The summed E-state index contributed by atoms with van der Waals surface area (Å²) in [5, 5.41) is 3.34. The fourth-order valence-electron chi connectivity index (χ4n) is 2.32. The van der Waals surface area contributed by atoms with Gasteiger partial charge in [-0.3, -0.25) is 4.79 Å². The maximum atomic E-state index is 12.0. The van der Waals surface area contributed by atoms with Gasteiger partial charge in [-0.15, -0.1) is 0 Å². The third-order valence-corrected chi connectivity index (χ3v) is 3.25. The van der Waals surface area contributed by atoms with Gasteiger partial charge in [-0.2, -0.15) is 0 Å². The second-order valence-corrected chi connectivity index (χ2v) is 5.27. The normalized spacial score (nSPS) is 20.4. The van der Waals surface area contributed by atoms with Crippen LogP contribution in [-0.2, 0) is 9.53 Å². The van der Waals surface area contributed by atoms with E-state index in [1.165, 1.54) is 0 Å². The SMILES string of the molecule is CCOC1CCCN(C(=O)CCCNC(C)C)C1. The summed E-state index contributed by atoms with van der Waals surface area (Å²) in [5.41, 5.74) is 0. The van der Waals surface area contributed by atoms with Crippen molar-refractivity contribution in [2.75, 3.05) is 26.2 Å². The highest BCUT2D eigenvalue weighted by atomic mass is 16.5. The molecule has 1 rings (SSSR count). The van der Waals surface area contributed by atoms with Gasteiger partial charge in [0.1, 0.15) is 0 Å². The van der Waals surface area contributed by atoms with Gasteiger partial charge < -0.3 is 15.0 Å². The number of hydrogen-bond acceptors (Lipinski definition) is 3. The molecule has 1 heterocycles. The zero-order valence-corrected chi connectivity index (χ0v) is 12.1. The van der Waals surface area contributed by atoms with E-state index in [0.717, 1.165) is 45.5 Å². The Kier molecular flexibility index (Phi) is 7.28. The Bertz CT molecular complexity index is 242. The molecule has 1 amide bonds. The molecule has 0 saturated carbocycles. The average molecular weight is 256 g/mol. The van der Waals surface area contributed by atoms with Crippen molar-refractivity contribution in [1.29, 1.82) is 0 Å². The van der Waals surface area contributed by atoms with Gasteiger partial charge in [-0.25, -0.2) is 0 Å². The molecule has 0 aliphatic carbocycles. The molecule has 0 aromatic heterocycles. The molecule has 4 nitrogen and oxygen atoms in total. The number of ether oxygens (including phenoxy) is 1. The van der Waals surface area contributed by atoms with E-state index in [2.05, 4.69) is 19.2 Å². The van der Waals surface area contributed by atoms with Crippen LogP contribution >= 0.6 is 0 Å². The fraction of sp³-hybridized carbons (Fsp3) is 0.929. The molecule has 1 saturated heterocycles. The van der Waals surface area contributed by atoms with E-state index < -0.39 is 0 Å². The van der Waals surface area contributed by atoms with E-state index >= 15 is 0 Å². The third-order valence-electron chi connectivity index (χ3n) is 3.25. The molecule has 0 aromatic rings. The van der Waals surface area contributed by atoms with Crippen LogP contribution in [0.15, 0.2) is 0 Å². The highest BCUT2D eigenvalue weighted by molar-refractivity contribution is 5.76.